The molecule has 0 aliphatic rings. The Kier molecular flexibility index (Phi) is 5.70. The monoisotopic (exact) mass is 401 g/mol. The Bertz CT molecular complexity index is 1200. The number of carbonyl (C=O) groups is 1. The molecule has 0 unspecified atom stereocenters. The van der Waals surface area contributed by atoms with Crippen molar-refractivity contribution >= 4 is 11.4 Å². The van der Waals surface area contributed by atoms with Crippen molar-refractivity contribution in [3.8, 4) is 11.3 Å². The molecule has 0 spiro atoms. The van der Waals surface area contributed by atoms with E-state index >= 15 is 0 Å². The summed E-state index contributed by atoms with van der Waals surface area (Å²) in [4.78, 5) is 25.2. The molecule has 0 radical (unpaired) electrons. The Hall–Kier alpha value is -3.74. The molecular formula is C23H23N5O2. The average molecular weight is 401 g/mol. The van der Waals surface area contributed by atoms with Crippen molar-refractivity contribution in [3.63, 3.8) is 0 Å². The van der Waals surface area contributed by atoms with Crippen molar-refractivity contribution in [2.45, 2.75) is 32.4 Å². The second kappa shape index (κ2) is 8.73. The molecule has 4 aromatic rings. The van der Waals surface area contributed by atoms with Gasteiger partial charge in [0.05, 0.1) is 5.69 Å². The highest BCUT2D eigenvalue weighted by molar-refractivity contribution is 5.76. The lowest BCUT2D eigenvalue weighted by Crippen LogP contribution is -2.38. The molecule has 0 saturated carbocycles. The number of amides is 1. The summed E-state index contributed by atoms with van der Waals surface area (Å²) < 4.78 is 2.62. The number of fused-ring (bicyclic) bond motifs is 1. The maximum Gasteiger partial charge on any atom is 0.293 e. The Labute approximate surface area is 174 Å². The summed E-state index contributed by atoms with van der Waals surface area (Å²) in [5.41, 5.74) is 2.87. The highest BCUT2D eigenvalue weighted by Crippen LogP contribution is 2.17. The fraction of sp³-hybridized carbons (Fsp3) is 0.217. The number of hydrogen-bond donors (Lipinski definition) is 1. The predicted octanol–water partition coefficient (Wildman–Crippen LogP) is 2.70. The smallest absolute Gasteiger partial charge is 0.293 e. The van der Waals surface area contributed by atoms with Crippen molar-refractivity contribution in [2.75, 3.05) is 0 Å². The van der Waals surface area contributed by atoms with E-state index < -0.39 is 0 Å². The lowest BCUT2D eigenvalue weighted by Gasteiger charge is -2.14. The molecule has 0 fully saturated rings. The number of nitrogens with one attached hydrogen (secondary N) is 1. The van der Waals surface area contributed by atoms with E-state index in [0.29, 0.717) is 11.2 Å². The highest BCUT2D eigenvalue weighted by Gasteiger charge is 2.13. The third-order valence-corrected chi connectivity index (χ3v) is 4.97. The third-order valence-electron chi connectivity index (χ3n) is 4.97. The van der Waals surface area contributed by atoms with Gasteiger partial charge in [0, 0.05) is 11.6 Å². The van der Waals surface area contributed by atoms with Crippen LogP contribution in [0.2, 0.25) is 0 Å². The van der Waals surface area contributed by atoms with Gasteiger partial charge in [0.15, 0.2) is 0 Å². The Morgan fingerprint density at radius 3 is 2.50 bits per heavy atom. The SMILES string of the molecule is C[C@H](CCc1ccccc1)NC(=O)Cn1ncn2nc(-c3ccccc3)cc2c1=O. The molecule has 2 aromatic heterocycles. The van der Waals surface area contributed by atoms with Crippen LogP contribution in [0.5, 0.6) is 0 Å². The van der Waals surface area contributed by atoms with Crippen LogP contribution in [-0.2, 0) is 17.8 Å². The summed E-state index contributed by atoms with van der Waals surface area (Å²) in [5, 5.41) is 11.4. The second-order valence-corrected chi connectivity index (χ2v) is 7.31. The quantitative estimate of drug-likeness (QED) is 0.516. The van der Waals surface area contributed by atoms with E-state index in [1.807, 2.05) is 55.5 Å². The maximum absolute atomic E-state index is 12.8. The zero-order valence-electron chi connectivity index (χ0n) is 16.7. The Morgan fingerprint density at radius 1 is 1.07 bits per heavy atom. The lowest BCUT2D eigenvalue weighted by molar-refractivity contribution is -0.122. The molecule has 1 N–H and O–H groups in total. The fourth-order valence-corrected chi connectivity index (χ4v) is 3.36. The molecule has 7 nitrogen and oxygen atoms in total. The lowest BCUT2D eigenvalue weighted by atomic mass is 10.1. The van der Waals surface area contributed by atoms with Gasteiger partial charge in [-0.3, -0.25) is 9.59 Å². The van der Waals surface area contributed by atoms with Crippen LogP contribution in [0.4, 0.5) is 0 Å². The summed E-state index contributed by atoms with van der Waals surface area (Å²) >= 11 is 0. The van der Waals surface area contributed by atoms with Gasteiger partial charge in [0.2, 0.25) is 5.91 Å². The molecule has 0 aliphatic carbocycles. The first-order valence-electron chi connectivity index (χ1n) is 9.94. The average Bonchev–Trinajstić information content (AvgIpc) is 3.21. The number of nitrogens with zero attached hydrogens (tertiary/aromatic N) is 4. The van der Waals surface area contributed by atoms with E-state index in [1.54, 1.807) is 6.07 Å². The summed E-state index contributed by atoms with van der Waals surface area (Å²) in [5.74, 6) is -0.239. The number of benzene rings is 2. The van der Waals surface area contributed by atoms with Gasteiger partial charge in [0.1, 0.15) is 18.4 Å². The minimum atomic E-state index is -0.348. The van der Waals surface area contributed by atoms with Crippen molar-refractivity contribution in [1.82, 2.24) is 24.7 Å². The Morgan fingerprint density at radius 2 is 1.77 bits per heavy atom. The molecule has 4 rings (SSSR count). The van der Waals surface area contributed by atoms with E-state index in [4.69, 9.17) is 0 Å². The molecule has 2 heterocycles. The van der Waals surface area contributed by atoms with Gasteiger partial charge in [-0.1, -0.05) is 60.7 Å². The largest absolute Gasteiger partial charge is 0.352 e. The summed E-state index contributed by atoms with van der Waals surface area (Å²) in [6.45, 7) is 1.83. The van der Waals surface area contributed by atoms with Crippen LogP contribution < -0.4 is 10.9 Å². The number of aromatic nitrogens is 4. The number of carbonyl (C=O) groups excluding carboxylic acids is 1. The van der Waals surface area contributed by atoms with Crippen LogP contribution in [0, 0.1) is 0 Å². The number of hydrogen-bond acceptors (Lipinski definition) is 4. The summed E-state index contributed by atoms with van der Waals surface area (Å²) in [7, 11) is 0. The highest BCUT2D eigenvalue weighted by atomic mass is 16.2. The Balaban J connectivity index is 1.42. The first-order valence-corrected chi connectivity index (χ1v) is 9.94. The van der Waals surface area contributed by atoms with E-state index in [-0.39, 0.29) is 24.1 Å². The molecular weight excluding hydrogens is 378 g/mol. The topological polar surface area (TPSA) is 81.3 Å². The van der Waals surface area contributed by atoms with E-state index in [0.717, 1.165) is 18.4 Å². The van der Waals surface area contributed by atoms with E-state index in [9.17, 15) is 9.59 Å². The normalized spacial score (nSPS) is 12.0. The van der Waals surface area contributed by atoms with Crippen LogP contribution in [-0.4, -0.2) is 31.3 Å². The van der Waals surface area contributed by atoms with Crippen LogP contribution in [0.3, 0.4) is 0 Å². The second-order valence-electron chi connectivity index (χ2n) is 7.31. The maximum atomic E-state index is 12.8. The van der Waals surface area contributed by atoms with Gasteiger partial charge in [-0.25, -0.2) is 9.20 Å². The molecule has 1 atom stereocenters. The third kappa shape index (κ3) is 4.46. The van der Waals surface area contributed by atoms with Crippen LogP contribution in [0.1, 0.15) is 18.9 Å². The first-order chi connectivity index (χ1) is 14.6. The zero-order valence-corrected chi connectivity index (χ0v) is 16.7. The van der Waals surface area contributed by atoms with E-state index in [2.05, 4.69) is 27.6 Å². The van der Waals surface area contributed by atoms with Gasteiger partial charge in [-0.15, -0.1) is 0 Å². The van der Waals surface area contributed by atoms with Crippen LogP contribution in [0.25, 0.3) is 16.8 Å². The van der Waals surface area contributed by atoms with Gasteiger partial charge in [-0.05, 0) is 31.4 Å². The molecule has 2 aromatic carbocycles. The molecule has 0 saturated heterocycles. The number of rotatable bonds is 7. The minimum absolute atomic E-state index is 0.00297. The standard InChI is InChI=1S/C23H23N5O2/c1-17(12-13-18-8-4-2-5-9-18)25-22(29)15-27-23(30)21-14-20(26-28(21)16-24-27)19-10-6-3-7-11-19/h2-11,14,16-17H,12-13,15H2,1H3,(H,25,29)/t17-/m1/s1. The summed E-state index contributed by atoms with van der Waals surface area (Å²) in [6.07, 6.45) is 3.15. The van der Waals surface area contributed by atoms with Crippen molar-refractivity contribution in [3.05, 3.63) is 89.0 Å². The van der Waals surface area contributed by atoms with Crippen LogP contribution >= 0.6 is 0 Å². The number of aryl methyl sites for hydroxylation is 1. The van der Waals surface area contributed by atoms with Crippen LogP contribution in [0.15, 0.2) is 77.9 Å². The summed E-state index contributed by atoms with van der Waals surface area (Å²) in [6, 6.07) is 21.5. The van der Waals surface area contributed by atoms with E-state index in [1.165, 1.54) is 21.1 Å². The van der Waals surface area contributed by atoms with Gasteiger partial charge < -0.3 is 5.32 Å². The van der Waals surface area contributed by atoms with Gasteiger partial charge in [0.25, 0.3) is 5.56 Å². The molecule has 7 heteroatoms. The molecule has 30 heavy (non-hydrogen) atoms. The van der Waals surface area contributed by atoms with Crippen molar-refractivity contribution < 1.29 is 4.79 Å². The molecule has 152 valence electrons. The predicted molar refractivity (Wildman–Crippen MR) is 115 cm³/mol. The molecule has 0 aliphatic heterocycles. The van der Waals surface area contributed by atoms with Gasteiger partial charge in [-0.2, -0.15) is 10.2 Å². The zero-order chi connectivity index (χ0) is 20.9. The molecule has 0 bridgehead atoms. The van der Waals surface area contributed by atoms with Crippen molar-refractivity contribution in [1.29, 1.82) is 0 Å². The van der Waals surface area contributed by atoms with Gasteiger partial charge >= 0.3 is 0 Å². The molecule has 1 amide bonds. The fourth-order valence-electron chi connectivity index (χ4n) is 3.36. The first kappa shape index (κ1) is 19.6. The van der Waals surface area contributed by atoms with Crippen molar-refractivity contribution in [2.24, 2.45) is 0 Å². The minimum Gasteiger partial charge on any atom is -0.352 e.